The standard InChI is InChI=1S/C23H24BrN5O/c1-28(15-30)9-4-10-29(2)23-22-19-7-6-17(24)12-20(19)27-21(22)13-18(26-23)11-16-5-3-8-25-14-16/h3,5-8,12-15,27H,4,9-11H2,1-2H3. The number of aromatic amines is 1. The van der Waals surface area contributed by atoms with Crippen LogP contribution in [0.2, 0.25) is 0 Å². The third-order valence-corrected chi connectivity index (χ3v) is 5.72. The number of nitrogens with zero attached hydrogens (tertiary/aromatic N) is 4. The maximum atomic E-state index is 10.9. The molecule has 0 aliphatic heterocycles. The van der Waals surface area contributed by atoms with Gasteiger partial charge in [-0.3, -0.25) is 9.78 Å². The Morgan fingerprint density at radius 3 is 2.77 bits per heavy atom. The number of nitrogens with one attached hydrogen (secondary N) is 1. The minimum absolute atomic E-state index is 0.715. The molecule has 1 aromatic carbocycles. The quantitative estimate of drug-likeness (QED) is 0.392. The molecular weight excluding hydrogens is 442 g/mol. The number of hydrogen-bond acceptors (Lipinski definition) is 4. The van der Waals surface area contributed by atoms with Crippen molar-refractivity contribution in [2.75, 3.05) is 32.1 Å². The Morgan fingerprint density at radius 1 is 1.13 bits per heavy atom. The van der Waals surface area contributed by atoms with Crippen molar-refractivity contribution in [2.45, 2.75) is 12.8 Å². The van der Waals surface area contributed by atoms with Gasteiger partial charge in [0.1, 0.15) is 5.82 Å². The lowest BCUT2D eigenvalue weighted by atomic mass is 10.1. The zero-order valence-corrected chi connectivity index (χ0v) is 18.7. The molecule has 1 amide bonds. The Balaban J connectivity index is 1.75. The summed E-state index contributed by atoms with van der Waals surface area (Å²) in [5.41, 5.74) is 4.27. The van der Waals surface area contributed by atoms with Gasteiger partial charge in [0, 0.05) is 72.5 Å². The normalized spacial score (nSPS) is 11.2. The Morgan fingerprint density at radius 2 is 2.00 bits per heavy atom. The van der Waals surface area contributed by atoms with Gasteiger partial charge in [-0.2, -0.15) is 0 Å². The molecule has 6 nitrogen and oxygen atoms in total. The summed E-state index contributed by atoms with van der Waals surface area (Å²) in [6, 6.07) is 12.4. The highest BCUT2D eigenvalue weighted by Gasteiger charge is 2.16. The Hall–Kier alpha value is -2.93. The number of rotatable bonds is 8. The molecule has 4 aromatic rings. The predicted molar refractivity (Wildman–Crippen MR) is 125 cm³/mol. The fourth-order valence-electron chi connectivity index (χ4n) is 3.73. The van der Waals surface area contributed by atoms with Gasteiger partial charge in [-0.25, -0.2) is 4.98 Å². The number of carbonyl (C=O) groups excluding carboxylic acids is 1. The lowest BCUT2D eigenvalue weighted by Gasteiger charge is -2.21. The maximum Gasteiger partial charge on any atom is 0.209 e. The van der Waals surface area contributed by atoms with Crippen molar-refractivity contribution in [2.24, 2.45) is 0 Å². The van der Waals surface area contributed by atoms with Crippen LogP contribution in [0, 0.1) is 0 Å². The van der Waals surface area contributed by atoms with Gasteiger partial charge in [0.15, 0.2) is 0 Å². The fraction of sp³-hybridized carbons (Fsp3) is 0.261. The zero-order chi connectivity index (χ0) is 21.1. The first kappa shape index (κ1) is 20.3. The van der Waals surface area contributed by atoms with Crippen molar-refractivity contribution < 1.29 is 4.79 Å². The third kappa shape index (κ3) is 4.31. The molecule has 1 N–H and O–H groups in total. The van der Waals surface area contributed by atoms with E-state index in [0.717, 1.165) is 69.2 Å². The summed E-state index contributed by atoms with van der Waals surface area (Å²) in [7, 11) is 3.86. The van der Waals surface area contributed by atoms with Crippen LogP contribution in [0.15, 0.2) is 53.3 Å². The molecule has 0 aliphatic rings. The molecule has 0 saturated carbocycles. The molecule has 0 aliphatic carbocycles. The van der Waals surface area contributed by atoms with Gasteiger partial charge < -0.3 is 14.8 Å². The van der Waals surface area contributed by atoms with Gasteiger partial charge >= 0.3 is 0 Å². The predicted octanol–water partition coefficient (Wildman–Crippen LogP) is 4.38. The molecule has 0 saturated heterocycles. The van der Waals surface area contributed by atoms with Gasteiger partial charge in [-0.05, 0) is 36.2 Å². The molecule has 0 fully saturated rings. The van der Waals surface area contributed by atoms with Crippen LogP contribution in [0.4, 0.5) is 5.82 Å². The van der Waals surface area contributed by atoms with Crippen molar-refractivity contribution in [1.29, 1.82) is 0 Å². The van der Waals surface area contributed by atoms with Crippen molar-refractivity contribution in [3.8, 4) is 0 Å². The van der Waals surface area contributed by atoms with E-state index in [9.17, 15) is 4.79 Å². The van der Waals surface area contributed by atoms with E-state index in [0.29, 0.717) is 6.54 Å². The number of benzene rings is 1. The molecule has 154 valence electrons. The number of hydrogen-bond donors (Lipinski definition) is 1. The SMILES string of the molecule is CN(C=O)CCCN(C)c1nc(Cc2cccnc2)cc2[nH]c3cc(Br)ccc3c12. The van der Waals surface area contributed by atoms with Crippen LogP contribution in [0.5, 0.6) is 0 Å². The topological polar surface area (TPSA) is 65.1 Å². The van der Waals surface area contributed by atoms with Crippen LogP contribution in [0.25, 0.3) is 21.8 Å². The number of amides is 1. The van der Waals surface area contributed by atoms with Crippen molar-refractivity contribution in [3.05, 3.63) is 64.5 Å². The van der Waals surface area contributed by atoms with E-state index in [4.69, 9.17) is 4.98 Å². The van der Waals surface area contributed by atoms with Crippen molar-refractivity contribution in [3.63, 3.8) is 0 Å². The molecule has 30 heavy (non-hydrogen) atoms. The summed E-state index contributed by atoms with van der Waals surface area (Å²) in [4.78, 5) is 27.5. The number of pyridine rings is 2. The zero-order valence-electron chi connectivity index (χ0n) is 17.1. The Kier molecular flexibility index (Phi) is 5.99. The summed E-state index contributed by atoms with van der Waals surface area (Å²) in [6.45, 7) is 1.52. The van der Waals surface area contributed by atoms with E-state index >= 15 is 0 Å². The number of aromatic nitrogens is 3. The summed E-state index contributed by atoms with van der Waals surface area (Å²) >= 11 is 3.56. The van der Waals surface area contributed by atoms with Crippen LogP contribution in [0.3, 0.4) is 0 Å². The minimum Gasteiger partial charge on any atom is -0.359 e. The summed E-state index contributed by atoms with van der Waals surface area (Å²) < 4.78 is 1.04. The number of halogens is 1. The molecule has 4 rings (SSSR count). The highest BCUT2D eigenvalue weighted by molar-refractivity contribution is 9.10. The molecule has 0 radical (unpaired) electrons. The average molecular weight is 466 g/mol. The first-order valence-electron chi connectivity index (χ1n) is 9.91. The second-order valence-electron chi connectivity index (χ2n) is 7.57. The van der Waals surface area contributed by atoms with E-state index in [2.05, 4.69) is 68.2 Å². The van der Waals surface area contributed by atoms with Gasteiger partial charge in [-0.1, -0.05) is 28.1 Å². The Bertz CT molecular complexity index is 1170. The van der Waals surface area contributed by atoms with Gasteiger partial charge in [0.2, 0.25) is 6.41 Å². The summed E-state index contributed by atoms with van der Waals surface area (Å²) in [5, 5.41) is 2.28. The van der Waals surface area contributed by atoms with Gasteiger partial charge in [-0.15, -0.1) is 0 Å². The monoisotopic (exact) mass is 465 g/mol. The van der Waals surface area contributed by atoms with Gasteiger partial charge in [0.25, 0.3) is 0 Å². The van der Waals surface area contributed by atoms with E-state index in [1.807, 2.05) is 12.3 Å². The van der Waals surface area contributed by atoms with Crippen molar-refractivity contribution in [1.82, 2.24) is 19.9 Å². The van der Waals surface area contributed by atoms with E-state index < -0.39 is 0 Å². The van der Waals surface area contributed by atoms with E-state index in [1.165, 1.54) is 0 Å². The maximum absolute atomic E-state index is 10.9. The smallest absolute Gasteiger partial charge is 0.209 e. The van der Waals surface area contributed by atoms with Gasteiger partial charge in [0.05, 0.1) is 5.52 Å². The number of H-pyrrole nitrogens is 1. The molecule has 3 aromatic heterocycles. The molecule has 3 heterocycles. The van der Waals surface area contributed by atoms with E-state index in [-0.39, 0.29) is 0 Å². The number of fused-ring (bicyclic) bond motifs is 3. The summed E-state index contributed by atoms with van der Waals surface area (Å²) in [5.74, 6) is 0.953. The lowest BCUT2D eigenvalue weighted by Crippen LogP contribution is -2.25. The third-order valence-electron chi connectivity index (χ3n) is 5.23. The van der Waals surface area contributed by atoms with Crippen LogP contribution in [0.1, 0.15) is 17.7 Å². The van der Waals surface area contributed by atoms with Crippen LogP contribution in [-0.2, 0) is 11.2 Å². The van der Waals surface area contributed by atoms with Crippen LogP contribution < -0.4 is 4.90 Å². The lowest BCUT2D eigenvalue weighted by molar-refractivity contribution is -0.117. The van der Waals surface area contributed by atoms with Crippen molar-refractivity contribution >= 4 is 50.0 Å². The molecule has 0 bridgehead atoms. The molecule has 0 atom stereocenters. The molecule has 0 spiro atoms. The fourth-order valence-corrected chi connectivity index (χ4v) is 4.09. The average Bonchev–Trinajstić information content (AvgIpc) is 3.10. The second-order valence-corrected chi connectivity index (χ2v) is 8.49. The van der Waals surface area contributed by atoms with E-state index in [1.54, 1.807) is 18.1 Å². The number of carbonyl (C=O) groups is 1. The number of anilines is 1. The molecular formula is C23H24BrN5O. The summed E-state index contributed by atoms with van der Waals surface area (Å²) in [6.07, 6.45) is 6.12. The first-order valence-corrected chi connectivity index (χ1v) is 10.7. The molecule has 0 unspecified atom stereocenters. The highest BCUT2D eigenvalue weighted by atomic mass is 79.9. The first-order chi connectivity index (χ1) is 14.5. The van der Waals surface area contributed by atoms with Crippen LogP contribution in [-0.4, -0.2) is 53.4 Å². The largest absolute Gasteiger partial charge is 0.359 e. The minimum atomic E-state index is 0.715. The molecule has 7 heteroatoms. The highest BCUT2D eigenvalue weighted by Crippen LogP contribution is 2.34. The second kappa shape index (κ2) is 8.83. The Labute approximate surface area is 184 Å². The van der Waals surface area contributed by atoms with Crippen LogP contribution >= 0.6 is 15.9 Å².